The molecular weight excluding hydrogens is 200 g/mol. The van der Waals surface area contributed by atoms with Crippen molar-refractivity contribution in [3.63, 3.8) is 0 Å². The number of carbonyl (C=O) groups excluding carboxylic acids is 1. The summed E-state index contributed by atoms with van der Waals surface area (Å²) in [5.74, 6) is 1.04. The van der Waals surface area contributed by atoms with E-state index < -0.39 is 0 Å². The van der Waals surface area contributed by atoms with Crippen molar-refractivity contribution in [1.82, 2.24) is 0 Å². The van der Waals surface area contributed by atoms with E-state index in [1.165, 1.54) is 5.56 Å². The zero-order valence-corrected chi connectivity index (χ0v) is 9.85. The summed E-state index contributed by atoms with van der Waals surface area (Å²) in [4.78, 5) is 11.9. The van der Waals surface area contributed by atoms with Crippen molar-refractivity contribution in [2.45, 2.75) is 31.8 Å². The van der Waals surface area contributed by atoms with Gasteiger partial charge in [0.15, 0.2) is 0 Å². The number of ketones is 1. The van der Waals surface area contributed by atoms with Gasteiger partial charge in [0.2, 0.25) is 0 Å². The molecule has 1 saturated carbocycles. The van der Waals surface area contributed by atoms with Crippen molar-refractivity contribution in [2.24, 2.45) is 5.92 Å². The predicted octanol–water partition coefficient (Wildman–Crippen LogP) is 2.78. The zero-order valence-electron chi connectivity index (χ0n) is 9.85. The van der Waals surface area contributed by atoms with Crippen LogP contribution in [0.2, 0.25) is 0 Å². The maximum absolute atomic E-state index is 11.9. The Hall–Kier alpha value is -1.15. The van der Waals surface area contributed by atoms with Crippen molar-refractivity contribution in [3.8, 4) is 0 Å². The topological polar surface area (TPSA) is 26.3 Å². The Kier molecular flexibility index (Phi) is 3.39. The van der Waals surface area contributed by atoms with E-state index in [1.54, 1.807) is 7.11 Å². The van der Waals surface area contributed by atoms with Gasteiger partial charge in [0.1, 0.15) is 5.78 Å². The van der Waals surface area contributed by atoms with Gasteiger partial charge < -0.3 is 4.74 Å². The number of carbonyl (C=O) groups is 1. The number of hydrogen-bond acceptors (Lipinski definition) is 2. The lowest BCUT2D eigenvalue weighted by Gasteiger charge is -2.07. The highest BCUT2D eigenvalue weighted by Gasteiger charge is 2.43. The summed E-state index contributed by atoms with van der Waals surface area (Å²) in [7, 11) is 1.65. The van der Waals surface area contributed by atoms with Gasteiger partial charge in [-0.15, -0.1) is 0 Å². The average molecular weight is 218 g/mol. The van der Waals surface area contributed by atoms with Crippen LogP contribution in [-0.2, 0) is 9.53 Å². The molecule has 2 heteroatoms. The lowest BCUT2D eigenvalue weighted by molar-refractivity contribution is -0.122. The summed E-state index contributed by atoms with van der Waals surface area (Å²) in [6.07, 6.45) is 1.61. The molecule has 86 valence electrons. The van der Waals surface area contributed by atoms with E-state index >= 15 is 0 Å². The van der Waals surface area contributed by atoms with Crippen LogP contribution in [0.3, 0.4) is 0 Å². The lowest BCUT2D eigenvalue weighted by Crippen LogP contribution is -2.14. The number of Topliss-reactive ketones (excluding diaryl/α,β-unsaturated/α-hetero) is 1. The number of benzene rings is 1. The van der Waals surface area contributed by atoms with E-state index in [2.05, 4.69) is 12.1 Å². The van der Waals surface area contributed by atoms with E-state index in [4.69, 9.17) is 4.74 Å². The predicted molar refractivity (Wildman–Crippen MR) is 63.4 cm³/mol. The summed E-state index contributed by atoms with van der Waals surface area (Å²) in [5, 5.41) is 0. The van der Waals surface area contributed by atoms with Crippen LogP contribution in [-0.4, -0.2) is 19.0 Å². The van der Waals surface area contributed by atoms with Gasteiger partial charge in [0, 0.05) is 19.4 Å². The number of hydrogen-bond donors (Lipinski definition) is 0. The van der Waals surface area contributed by atoms with Crippen LogP contribution in [0.4, 0.5) is 0 Å². The van der Waals surface area contributed by atoms with Gasteiger partial charge in [-0.2, -0.15) is 0 Å². The molecule has 1 aromatic carbocycles. The number of ether oxygens (including phenoxy) is 1. The molecule has 1 aliphatic carbocycles. The molecule has 1 fully saturated rings. The van der Waals surface area contributed by atoms with E-state index in [1.807, 2.05) is 25.1 Å². The molecule has 0 bridgehead atoms. The summed E-state index contributed by atoms with van der Waals surface area (Å²) in [6, 6.07) is 10.3. The third kappa shape index (κ3) is 2.50. The first-order chi connectivity index (χ1) is 7.72. The van der Waals surface area contributed by atoms with Crippen LogP contribution < -0.4 is 0 Å². The van der Waals surface area contributed by atoms with Crippen molar-refractivity contribution in [3.05, 3.63) is 35.9 Å². The molecule has 2 nitrogen and oxygen atoms in total. The third-order valence-electron chi connectivity index (χ3n) is 3.32. The number of rotatable bonds is 5. The molecule has 1 aliphatic rings. The molecule has 2 rings (SSSR count). The first-order valence-electron chi connectivity index (χ1n) is 5.83. The Morgan fingerprint density at radius 3 is 2.75 bits per heavy atom. The molecular formula is C14H18O2. The smallest absolute Gasteiger partial charge is 0.139 e. The van der Waals surface area contributed by atoms with Gasteiger partial charge in [0.05, 0.1) is 6.10 Å². The Bertz CT molecular complexity index is 358. The Labute approximate surface area is 96.6 Å². The average Bonchev–Trinajstić information content (AvgIpc) is 3.10. The molecule has 3 unspecified atom stereocenters. The fourth-order valence-electron chi connectivity index (χ4n) is 2.14. The molecule has 3 atom stereocenters. The fraction of sp³-hybridized carbons (Fsp3) is 0.500. The second kappa shape index (κ2) is 4.79. The first-order valence-corrected chi connectivity index (χ1v) is 5.83. The Balaban J connectivity index is 1.89. The van der Waals surface area contributed by atoms with Crippen molar-refractivity contribution >= 4 is 5.78 Å². The van der Waals surface area contributed by atoms with Crippen LogP contribution in [0.5, 0.6) is 0 Å². The van der Waals surface area contributed by atoms with Gasteiger partial charge in [0.25, 0.3) is 0 Å². The second-order valence-corrected chi connectivity index (χ2v) is 4.58. The molecule has 0 radical (unpaired) electrons. The molecule has 0 saturated heterocycles. The maximum atomic E-state index is 11.9. The zero-order chi connectivity index (χ0) is 11.5. The van der Waals surface area contributed by atoms with Gasteiger partial charge in [-0.25, -0.2) is 0 Å². The minimum absolute atomic E-state index is 0.0459. The van der Waals surface area contributed by atoms with Crippen molar-refractivity contribution in [1.29, 1.82) is 0 Å². The Morgan fingerprint density at radius 1 is 1.44 bits per heavy atom. The number of methoxy groups -OCH3 is 1. The van der Waals surface area contributed by atoms with E-state index in [-0.39, 0.29) is 12.0 Å². The summed E-state index contributed by atoms with van der Waals surface area (Å²) in [5.41, 5.74) is 1.30. The molecule has 0 heterocycles. The highest BCUT2D eigenvalue weighted by atomic mass is 16.5. The SMILES string of the molecule is COC(C)CC(=O)C1CC1c1ccccc1. The van der Waals surface area contributed by atoms with Crippen LogP contribution >= 0.6 is 0 Å². The first kappa shape index (κ1) is 11.3. The van der Waals surface area contributed by atoms with Gasteiger partial charge in [-0.3, -0.25) is 4.79 Å². The lowest BCUT2D eigenvalue weighted by atomic mass is 10.0. The largest absolute Gasteiger partial charge is 0.381 e. The van der Waals surface area contributed by atoms with Crippen LogP contribution in [0, 0.1) is 5.92 Å². The molecule has 0 N–H and O–H groups in total. The molecule has 1 aromatic rings. The molecule has 0 aliphatic heterocycles. The third-order valence-corrected chi connectivity index (χ3v) is 3.32. The summed E-state index contributed by atoms with van der Waals surface area (Å²) in [6.45, 7) is 1.94. The van der Waals surface area contributed by atoms with E-state index in [9.17, 15) is 4.79 Å². The second-order valence-electron chi connectivity index (χ2n) is 4.58. The Morgan fingerprint density at radius 2 is 2.12 bits per heavy atom. The van der Waals surface area contributed by atoms with Crippen LogP contribution in [0.25, 0.3) is 0 Å². The normalized spacial score (nSPS) is 25.1. The highest BCUT2D eigenvalue weighted by molar-refractivity contribution is 5.85. The fourth-order valence-corrected chi connectivity index (χ4v) is 2.14. The molecule has 0 spiro atoms. The standard InChI is InChI=1S/C14H18O2/c1-10(16-2)8-14(15)13-9-12(13)11-6-4-3-5-7-11/h3-7,10,12-13H,8-9H2,1-2H3. The minimum Gasteiger partial charge on any atom is -0.381 e. The van der Waals surface area contributed by atoms with E-state index in [0.29, 0.717) is 18.1 Å². The molecule has 0 amide bonds. The quantitative estimate of drug-likeness (QED) is 0.759. The monoisotopic (exact) mass is 218 g/mol. The molecule has 16 heavy (non-hydrogen) atoms. The van der Waals surface area contributed by atoms with Crippen molar-refractivity contribution < 1.29 is 9.53 Å². The molecule has 0 aromatic heterocycles. The van der Waals surface area contributed by atoms with Gasteiger partial charge >= 0.3 is 0 Å². The minimum atomic E-state index is 0.0459. The van der Waals surface area contributed by atoms with Crippen LogP contribution in [0.1, 0.15) is 31.2 Å². The van der Waals surface area contributed by atoms with Crippen LogP contribution in [0.15, 0.2) is 30.3 Å². The summed E-state index contributed by atoms with van der Waals surface area (Å²) >= 11 is 0. The summed E-state index contributed by atoms with van der Waals surface area (Å²) < 4.78 is 5.12. The van der Waals surface area contributed by atoms with Crippen molar-refractivity contribution in [2.75, 3.05) is 7.11 Å². The van der Waals surface area contributed by atoms with Gasteiger partial charge in [-0.1, -0.05) is 30.3 Å². The van der Waals surface area contributed by atoms with Gasteiger partial charge in [-0.05, 0) is 24.8 Å². The highest BCUT2D eigenvalue weighted by Crippen LogP contribution is 2.48. The maximum Gasteiger partial charge on any atom is 0.139 e. The van der Waals surface area contributed by atoms with E-state index in [0.717, 1.165) is 6.42 Å².